The van der Waals surface area contributed by atoms with Crippen molar-refractivity contribution >= 4 is 45.9 Å². The van der Waals surface area contributed by atoms with Crippen molar-refractivity contribution < 1.29 is 18.0 Å². The van der Waals surface area contributed by atoms with Gasteiger partial charge in [0.05, 0.1) is 11.1 Å². The topological polar surface area (TPSA) is 67.2 Å². The first-order valence-electron chi connectivity index (χ1n) is 13.2. The Morgan fingerprint density at radius 1 is 1.07 bits per heavy atom. The second kappa shape index (κ2) is 12.7. The highest BCUT2D eigenvalue weighted by Gasteiger charge is 2.35. The number of benzene rings is 3. The van der Waals surface area contributed by atoms with E-state index in [1.165, 1.54) is 18.5 Å². The van der Waals surface area contributed by atoms with Crippen molar-refractivity contribution in [3.05, 3.63) is 93.8 Å². The number of anilines is 1. The SMILES string of the molecule is CCC(CC(C)(C)C)NC(C(=O)Nc1ccc2ocnc2c1)C(Cc1ccc(Cl)cc1F)c1cccc(Cl)c1F. The van der Waals surface area contributed by atoms with Crippen LogP contribution in [0.3, 0.4) is 0 Å². The maximum absolute atomic E-state index is 15.6. The standard InChI is InChI=1S/C31H33Cl2F2N3O2/c1-5-20(16-31(2,3)4)37-29(30(39)38-21-11-12-27-26(15-21)36-17-40-27)23(22-7-6-8-24(33)28(22)35)13-18-9-10-19(32)14-25(18)34/h6-12,14-15,17,20,23,29,37H,5,13,16H2,1-4H3,(H,38,39). The van der Waals surface area contributed by atoms with E-state index in [1.54, 1.807) is 42.5 Å². The number of hydrogen-bond acceptors (Lipinski definition) is 4. The van der Waals surface area contributed by atoms with Gasteiger partial charge in [0.2, 0.25) is 5.91 Å². The molecule has 3 unspecified atom stereocenters. The summed E-state index contributed by atoms with van der Waals surface area (Å²) in [5.41, 5.74) is 2.16. The Balaban J connectivity index is 1.79. The number of carbonyl (C=O) groups excluding carboxylic acids is 1. The predicted molar refractivity (Wildman–Crippen MR) is 157 cm³/mol. The van der Waals surface area contributed by atoms with Crippen LogP contribution in [0.4, 0.5) is 14.5 Å². The molecule has 5 nitrogen and oxygen atoms in total. The lowest BCUT2D eigenvalue weighted by molar-refractivity contribution is -0.119. The molecule has 3 atom stereocenters. The summed E-state index contributed by atoms with van der Waals surface area (Å²) in [5.74, 6) is -2.37. The number of oxazole rings is 1. The van der Waals surface area contributed by atoms with Crippen molar-refractivity contribution in [3.8, 4) is 0 Å². The maximum Gasteiger partial charge on any atom is 0.242 e. The smallest absolute Gasteiger partial charge is 0.242 e. The van der Waals surface area contributed by atoms with Gasteiger partial charge in [-0.15, -0.1) is 0 Å². The van der Waals surface area contributed by atoms with Gasteiger partial charge in [0, 0.05) is 22.7 Å². The Hall–Kier alpha value is -3.00. The van der Waals surface area contributed by atoms with Crippen molar-refractivity contribution in [2.45, 2.75) is 65.0 Å². The second-order valence-corrected chi connectivity index (χ2v) is 12.1. The molecule has 1 aromatic heterocycles. The van der Waals surface area contributed by atoms with Gasteiger partial charge in [-0.2, -0.15) is 0 Å². The average molecular weight is 589 g/mol. The van der Waals surface area contributed by atoms with E-state index < -0.39 is 29.5 Å². The molecule has 40 heavy (non-hydrogen) atoms. The van der Waals surface area contributed by atoms with Crippen molar-refractivity contribution in [1.29, 1.82) is 0 Å². The Morgan fingerprint density at radius 2 is 1.85 bits per heavy atom. The van der Waals surface area contributed by atoms with E-state index in [0.29, 0.717) is 22.4 Å². The summed E-state index contributed by atoms with van der Waals surface area (Å²) < 4.78 is 35.9. The number of rotatable bonds is 10. The Labute approximate surface area is 243 Å². The Morgan fingerprint density at radius 3 is 2.55 bits per heavy atom. The van der Waals surface area contributed by atoms with Crippen molar-refractivity contribution in [2.24, 2.45) is 5.41 Å². The fourth-order valence-corrected chi connectivity index (χ4v) is 5.32. The summed E-state index contributed by atoms with van der Waals surface area (Å²) in [4.78, 5) is 18.2. The lowest BCUT2D eigenvalue weighted by atomic mass is 9.82. The number of fused-ring (bicyclic) bond motifs is 1. The van der Waals surface area contributed by atoms with Crippen molar-refractivity contribution in [3.63, 3.8) is 0 Å². The van der Waals surface area contributed by atoms with Crippen LogP contribution >= 0.6 is 23.2 Å². The van der Waals surface area contributed by atoms with E-state index in [-0.39, 0.29) is 33.5 Å². The predicted octanol–water partition coefficient (Wildman–Crippen LogP) is 8.55. The van der Waals surface area contributed by atoms with Gasteiger partial charge in [-0.3, -0.25) is 4.79 Å². The van der Waals surface area contributed by atoms with Gasteiger partial charge in [-0.1, -0.05) is 69.1 Å². The van der Waals surface area contributed by atoms with E-state index in [9.17, 15) is 4.79 Å². The molecule has 3 aromatic carbocycles. The summed E-state index contributed by atoms with van der Waals surface area (Å²) in [5, 5.41) is 6.64. The lowest BCUT2D eigenvalue weighted by Gasteiger charge is -2.34. The van der Waals surface area contributed by atoms with Crippen LogP contribution in [-0.4, -0.2) is 23.0 Å². The zero-order valence-electron chi connectivity index (χ0n) is 22.9. The quantitative estimate of drug-likeness (QED) is 0.195. The molecule has 4 aromatic rings. The molecule has 0 aliphatic rings. The van der Waals surface area contributed by atoms with Crippen molar-refractivity contribution in [2.75, 3.05) is 5.32 Å². The first-order valence-corrected chi connectivity index (χ1v) is 14.0. The van der Waals surface area contributed by atoms with Gasteiger partial charge < -0.3 is 15.1 Å². The van der Waals surface area contributed by atoms with Gasteiger partial charge in [-0.05, 0) is 72.2 Å². The van der Waals surface area contributed by atoms with Crippen LogP contribution in [0, 0.1) is 17.0 Å². The molecule has 1 amide bonds. The third-order valence-electron chi connectivity index (χ3n) is 6.89. The fraction of sp³-hybridized carbons (Fsp3) is 0.355. The molecule has 9 heteroatoms. The van der Waals surface area contributed by atoms with Gasteiger partial charge in [0.15, 0.2) is 12.0 Å². The van der Waals surface area contributed by atoms with Gasteiger partial charge in [0.1, 0.15) is 17.2 Å². The largest absolute Gasteiger partial charge is 0.443 e. The first-order chi connectivity index (χ1) is 18.9. The summed E-state index contributed by atoms with van der Waals surface area (Å²) in [7, 11) is 0. The summed E-state index contributed by atoms with van der Waals surface area (Å²) >= 11 is 12.2. The number of carbonyl (C=O) groups is 1. The highest BCUT2D eigenvalue weighted by Crippen LogP contribution is 2.33. The number of nitrogens with one attached hydrogen (secondary N) is 2. The lowest BCUT2D eigenvalue weighted by Crippen LogP contribution is -2.50. The van der Waals surface area contributed by atoms with E-state index in [1.807, 2.05) is 6.92 Å². The van der Waals surface area contributed by atoms with E-state index >= 15 is 8.78 Å². The van der Waals surface area contributed by atoms with Crippen molar-refractivity contribution in [1.82, 2.24) is 10.3 Å². The third-order valence-corrected chi connectivity index (χ3v) is 7.41. The minimum absolute atomic E-state index is 0.0274. The van der Waals surface area contributed by atoms with Gasteiger partial charge in [0.25, 0.3) is 0 Å². The van der Waals surface area contributed by atoms with Crippen LogP contribution in [0.5, 0.6) is 0 Å². The average Bonchev–Trinajstić information content (AvgIpc) is 3.35. The molecule has 0 bridgehead atoms. The van der Waals surface area contributed by atoms with Crippen LogP contribution < -0.4 is 10.6 Å². The molecule has 212 valence electrons. The maximum atomic E-state index is 15.6. The van der Waals surface area contributed by atoms with E-state index in [0.717, 1.165) is 12.8 Å². The highest BCUT2D eigenvalue weighted by molar-refractivity contribution is 6.31. The fourth-order valence-electron chi connectivity index (χ4n) is 4.98. The molecule has 0 aliphatic carbocycles. The Bertz CT molecular complexity index is 1490. The van der Waals surface area contributed by atoms with Crippen LogP contribution in [-0.2, 0) is 11.2 Å². The Kier molecular flexibility index (Phi) is 9.49. The molecule has 0 radical (unpaired) electrons. The first kappa shape index (κ1) is 30.0. The minimum atomic E-state index is -0.941. The normalized spacial score (nSPS) is 14.2. The van der Waals surface area contributed by atoms with Gasteiger partial charge in [-0.25, -0.2) is 13.8 Å². The number of halogens is 4. The molecule has 2 N–H and O–H groups in total. The number of aromatic nitrogens is 1. The monoisotopic (exact) mass is 587 g/mol. The molecule has 0 spiro atoms. The van der Waals surface area contributed by atoms with Crippen LogP contribution in [0.25, 0.3) is 11.1 Å². The third kappa shape index (κ3) is 7.39. The molecule has 0 fully saturated rings. The molecule has 4 rings (SSSR count). The van der Waals surface area contributed by atoms with Crippen LogP contribution in [0.15, 0.2) is 65.4 Å². The molecular formula is C31H33Cl2F2N3O2. The van der Waals surface area contributed by atoms with E-state index in [2.05, 4.69) is 36.4 Å². The molecule has 0 aliphatic heterocycles. The summed E-state index contributed by atoms with van der Waals surface area (Å²) in [6, 6.07) is 13.1. The van der Waals surface area contributed by atoms with Crippen LogP contribution in [0.1, 0.15) is 57.6 Å². The second-order valence-electron chi connectivity index (χ2n) is 11.2. The zero-order chi connectivity index (χ0) is 29.0. The van der Waals surface area contributed by atoms with Crippen LogP contribution in [0.2, 0.25) is 10.0 Å². The molecular weight excluding hydrogens is 555 g/mol. The number of nitrogens with zero attached hydrogens (tertiary/aromatic N) is 1. The number of amides is 1. The molecule has 1 heterocycles. The molecule has 0 saturated carbocycles. The van der Waals surface area contributed by atoms with Gasteiger partial charge >= 0.3 is 0 Å². The molecule has 0 saturated heterocycles. The summed E-state index contributed by atoms with van der Waals surface area (Å²) in [6.07, 6.45) is 2.85. The number of hydrogen-bond donors (Lipinski definition) is 2. The summed E-state index contributed by atoms with van der Waals surface area (Å²) in [6.45, 7) is 8.40. The minimum Gasteiger partial charge on any atom is -0.443 e. The zero-order valence-corrected chi connectivity index (χ0v) is 24.4. The highest BCUT2D eigenvalue weighted by atomic mass is 35.5. The van der Waals surface area contributed by atoms with E-state index in [4.69, 9.17) is 27.6 Å².